The van der Waals surface area contributed by atoms with Gasteiger partial charge in [-0.25, -0.2) is 0 Å². The third kappa shape index (κ3) is 3.87. The van der Waals surface area contributed by atoms with E-state index in [1.165, 1.54) is 4.88 Å². The molecule has 0 spiro atoms. The van der Waals surface area contributed by atoms with Crippen molar-refractivity contribution in [2.24, 2.45) is 0 Å². The maximum atomic E-state index is 5.03. The van der Waals surface area contributed by atoms with E-state index in [1.54, 1.807) is 11.3 Å². The van der Waals surface area contributed by atoms with E-state index in [2.05, 4.69) is 53.4 Å². The monoisotopic (exact) mass is 379 g/mol. The first-order valence-electron chi connectivity index (χ1n) is 5.09. The van der Waals surface area contributed by atoms with Crippen molar-refractivity contribution in [3.05, 3.63) is 30.9 Å². The minimum atomic E-state index is 0.684. The normalized spacial score (nSPS) is 11.0. The van der Waals surface area contributed by atoms with Gasteiger partial charge in [-0.2, -0.15) is 4.98 Å². The van der Waals surface area contributed by atoms with Crippen molar-refractivity contribution < 1.29 is 4.52 Å². The molecule has 0 saturated carbocycles. The van der Waals surface area contributed by atoms with Crippen LogP contribution in [0.2, 0.25) is 0 Å². The Morgan fingerprint density at radius 2 is 2.29 bits per heavy atom. The number of aryl methyl sites for hydroxylation is 1. The second kappa shape index (κ2) is 6.08. The van der Waals surface area contributed by atoms with Crippen molar-refractivity contribution in [1.29, 1.82) is 0 Å². The van der Waals surface area contributed by atoms with Crippen LogP contribution in [0.4, 0.5) is 0 Å². The molecule has 0 fully saturated rings. The molecule has 0 bridgehead atoms. The van der Waals surface area contributed by atoms with Gasteiger partial charge in [-0.15, -0.1) is 11.3 Å². The first-order chi connectivity index (χ1) is 8.15. The highest BCUT2D eigenvalue weighted by Gasteiger charge is 2.05. The zero-order valence-corrected chi connectivity index (χ0v) is 13.2. The van der Waals surface area contributed by atoms with Crippen molar-refractivity contribution in [1.82, 2.24) is 15.5 Å². The number of rotatable bonds is 5. The van der Waals surface area contributed by atoms with Gasteiger partial charge in [0.05, 0.1) is 3.79 Å². The van der Waals surface area contributed by atoms with E-state index >= 15 is 0 Å². The molecule has 1 N–H and O–H groups in total. The number of hydrogen-bond acceptors (Lipinski definition) is 5. The largest absolute Gasteiger partial charge is 0.339 e. The summed E-state index contributed by atoms with van der Waals surface area (Å²) in [6.45, 7) is 3.50. The van der Waals surface area contributed by atoms with E-state index in [4.69, 9.17) is 4.52 Å². The van der Waals surface area contributed by atoms with Gasteiger partial charge in [0.2, 0.25) is 5.89 Å². The van der Waals surface area contributed by atoms with Crippen LogP contribution in [0, 0.1) is 6.92 Å². The Hall–Kier alpha value is -0.240. The molecular formula is C10H11Br2N3OS. The van der Waals surface area contributed by atoms with Gasteiger partial charge >= 0.3 is 0 Å². The van der Waals surface area contributed by atoms with E-state index in [1.807, 2.05) is 6.92 Å². The quantitative estimate of drug-likeness (QED) is 0.808. The zero-order valence-electron chi connectivity index (χ0n) is 9.17. The SMILES string of the molecule is Cc1noc(CCNCc2cc(Br)c(Br)s2)n1. The van der Waals surface area contributed by atoms with E-state index in [0.29, 0.717) is 11.7 Å². The fourth-order valence-corrected chi connectivity index (χ4v) is 3.47. The summed E-state index contributed by atoms with van der Waals surface area (Å²) < 4.78 is 7.26. The van der Waals surface area contributed by atoms with Gasteiger partial charge in [0.1, 0.15) is 0 Å². The van der Waals surface area contributed by atoms with E-state index in [-0.39, 0.29) is 0 Å². The van der Waals surface area contributed by atoms with Crippen LogP contribution in [0.5, 0.6) is 0 Å². The van der Waals surface area contributed by atoms with Gasteiger partial charge in [-0.05, 0) is 44.8 Å². The molecule has 0 aliphatic rings. The minimum Gasteiger partial charge on any atom is -0.339 e. The summed E-state index contributed by atoms with van der Waals surface area (Å²) in [7, 11) is 0. The van der Waals surface area contributed by atoms with Gasteiger partial charge < -0.3 is 9.84 Å². The fourth-order valence-electron chi connectivity index (χ4n) is 1.33. The molecule has 0 saturated heterocycles. The molecule has 0 atom stereocenters. The molecule has 2 heterocycles. The van der Waals surface area contributed by atoms with Crippen LogP contribution in [0.3, 0.4) is 0 Å². The molecule has 0 aliphatic heterocycles. The molecule has 92 valence electrons. The second-order valence-corrected chi connectivity index (χ2v) is 6.81. The molecule has 0 aromatic carbocycles. The Morgan fingerprint density at radius 1 is 1.47 bits per heavy atom. The van der Waals surface area contributed by atoms with Crippen molar-refractivity contribution in [3.63, 3.8) is 0 Å². The zero-order chi connectivity index (χ0) is 12.3. The van der Waals surface area contributed by atoms with Crippen molar-refractivity contribution in [2.75, 3.05) is 6.54 Å². The van der Waals surface area contributed by atoms with Crippen molar-refractivity contribution >= 4 is 43.2 Å². The average Bonchev–Trinajstić information content (AvgIpc) is 2.82. The summed E-state index contributed by atoms with van der Waals surface area (Å²) in [6, 6.07) is 2.11. The highest BCUT2D eigenvalue weighted by Crippen LogP contribution is 2.32. The molecule has 17 heavy (non-hydrogen) atoms. The van der Waals surface area contributed by atoms with Gasteiger partial charge in [0.25, 0.3) is 0 Å². The fraction of sp³-hybridized carbons (Fsp3) is 0.400. The van der Waals surface area contributed by atoms with E-state index in [9.17, 15) is 0 Å². The summed E-state index contributed by atoms with van der Waals surface area (Å²) in [5, 5.41) is 7.09. The first-order valence-corrected chi connectivity index (χ1v) is 7.49. The summed E-state index contributed by atoms with van der Waals surface area (Å²) in [6.07, 6.45) is 0.758. The number of thiophene rings is 1. The third-order valence-corrected chi connectivity index (χ3v) is 5.34. The lowest BCUT2D eigenvalue weighted by Crippen LogP contribution is -2.16. The van der Waals surface area contributed by atoms with Crippen LogP contribution >= 0.6 is 43.2 Å². The molecule has 2 rings (SSSR count). The molecule has 7 heteroatoms. The van der Waals surface area contributed by atoms with Crippen LogP contribution < -0.4 is 5.32 Å². The van der Waals surface area contributed by atoms with Crippen LogP contribution in [-0.4, -0.2) is 16.7 Å². The smallest absolute Gasteiger partial charge is 0.227 e. The average molecular weight is 381 g/mol. The van der Waals surface area contributed by atoms with Gasteiger partial charge in [0, 0.05) is 28.9 Å². The number of nitrogens with zero attached hydrogens (tertiary/aromatic N) is 2. The number of halogens is 2. The number of aromatic nitrogens is 2. The lowest BCUT2D eigenvalue weighted by atomic mass is 10.4. The minimum absolute atomic E-state index is 0.684. The Bertz CT molecular complexity index is 478. The van der Waals surface area contributed by atoms with Crippen LogP contribution in [0.25, 0.3) is 0 Å². The molecule has 0 unspecified atom stereocenters. The lowest BCUT2D eigenvalue weighted by molar-refractivity contribution is 0.372. The lowest BCUT2D eigenvalue weighted by Gasteiger charge is -1.99. The molecule has 0 amide bonds. The Morgan fingerprint density at radius 3 is 2.88 bits per heavy atom. The predicted molar refractivity (Wildman–Crippen MR) is 74.2 cm³/mol. The van der Waals surface area contributed by atoms with E-state index < -0.39 is 0 Å². The van der Waals surface area contributed by atoms with Crippen LogP contribution in [-0.2, 0) is 13.0 Å². The molecule has 4 nitrogen and oxygen atoms in total. The third-order valence-electron chi connectivity index (χ3n) is 2.08. The highest BCUT2D eigenvalue weighted by molar-refractivity contribution is 9.13. The number of nitrogens with one attached hydrogen (secondary N) is 1. The molecule has 2 aromatic rings. The standard InChI is InChI=1S/C10H11Br2N3OS/c1-6-14-9(16-15-6)2-3-13-5-7-4-8(11)10(12)17-7/h4,13H,2-3,5H2,1H3. The maximum Gasteiger partial charge on any atom is 0.227 e. The summed E-state index contributed by atoms with van der Waals surface area (Å²) in [4.78, 5) is 5.43. The Kier molecular flexibility index (Phi) is 4.72. The van der Waals surface area contributed by atoms with Gasteiger partial charge in [0.15, 0.2) is 5.82 Å². The molecule has 0 aliphatic carbocycles. The molecular weight excluding hydrogens is 370 g/mol. The predicted octanol–water partition coefficient (Wildman–Crippen LogP) is 3.30. The van der Waals surface area contributed by atoms with Crippen LogP contribution in [0.15, 0.2) is 18.8 Å². The second-order valence-electron chi connectivity index (χ2n) is 3.50. The topological polar surface area (TPSA) is 51.0 Å². The van der Waals surface area contributed by atoms with E-state index in [0.717, 1.165) is 27.8 Å². The first kappa shape index (κ1) is 13.2. The maximum absolute atomic E-state index is 5.03. The Labute approximate surface area is 120 Å². The van der Waals surface area contributed by atoms with Gasteiger partial charge in [-0.1, -0.05) is 5.16 Å². The van der Waals surface area contributed by atoms with Crippen LogP contribution in [0.1, 0.15) is 16.6 Å². The van der Waals surface area contributed by atoms with Crippen molar-refractivity contribution in [2.45, 2.75) is 19.9 Å². The Balaban J connectivity index is 1.73. The summed E-state index contributed by atoms with van der Waals surface area (Å²) >= 11 is 8.66. The molecule has 0 radical (unpaired) electrons. The van der Waals surface area contributed by atoms with Crippen molar-refractivity contribution in [3.8, 4) is 0 Å². The highest BCUT2D eigenvalue weighted by atomic mass is 79.9. The molecule has 2 aromatic heterocycles. The summed E-state index contributed by atoms with van der Waals surface area (Å²) in [5.41, 5.74) is 0. The summed E-state index contributed by atoms with van der Waals surface area (Å²) in [5.74, 6) is 1.37. The van der Waals surface area contributed by atoms with Gasteiger partial charge in [-0.3, -0.25) is 0 Å². The number of hydrogen-bond donors (Lipinski definition) is 1.